The molecule has 0 aliphatic heterocycles. The molecule has 1 aromatic carbocycles. The van der Waals surface area contributed by atoms with E-state index in [0.717, 1.165) is 0 Å². The molecule has 15 heavy (non-hydrogen) atoms. The van der Waals surface area contributed by atoms with Crippen molar-refractivity contribution in [3.05, 3.63) is 32.3 Å². The summed E-state index contributed by atoms with van der Waals surface area (Å²) in [5.41, 5.74) is -2.11. The number of aromatic hydroxyl groups is 1. The summed E-state index contributed by atoms with van der Waals surface area (Å²) in [4.78, 5) is 9.34. The van der Waals surface area contributed by atoms with Gasteiger partial charge in [0.15, 0.2) is 0 Å². The molecule has 0 bridgehead atoms. The van der Waals surface area contributed by atoms with E-state index in [9.17, 15) is 23.3 Å². The Morgan fingerprint density at radius 2 is 1.93 bits per heavy atom. The molecule has 0 heterocycles. The first kappa shape index (κ1) is 11.8. The molecule has 0 unspecified atom stereocenters. The van der Waals surface area contributed by atoms with Gasteiger partial charge in [-0.1, -0.05) is 0 Å². The molecule has 0 amide bonds. The number of phenols is 1. The minimum Gasteiger partial charge on any atom is -0.508 e. The molecule has 0 aliphatic carbocycles. The van der Waals surface area contributed by atoms with Crippen LogP contribution in [0.25, 0.3) is 0 Å². The molecule has 0 aliphatic rings. The maximum atomic E-state index is 12.3. The number of hydrogen-bond acceptors (Lipinski definition) is 3. The zero-order valence-corrected chi connectivity index (χ0v) is 8.46. The molecule has 82 valence electrons. The predicted molar refractivity (Wildman–Crippen MR) is 47.5 cm³/mol. The average molecular weight is 286 g/mol. The summed E-state index contributed by atoms with van der Waals surface area (Å²) in [6.45, 7) is 0. The van der Waals surface area contributed by atoms with E-state index in [1.807, 2.05) is 0 Å². The lowest BCUT2D eigenvalue weighted by atomic mass is 10.2. The van der Waals surface area contributed by atoms with Gasteiger partial charge >= 0.3 is 6.18 Å². The molecule has 1 N–H and O–H groups in total. The van der Waals surface area contributed by atoms with Crippen LogP contribution < -0.4 is 0 Å². The summed E-state index contributed by atoms with van der Waals surface area (Å²) < 4.78 is 36.2. The van der Waals surface area contributed by atoms with Gasteiger partial charge in [0.2, 0.25) is 0 Å². The van der Waals surface area contributed by atoms with Crippen LogP contribution in [-0.4, -0.2) is 10.0 Å². The molecule has 0 atom stereocenters. The lowest BCUT2D eigenvalue weighted by molar-refractivity contribution is -0.386. The average Bonchev–Trinajstić information content (AvgIpc) is 2.06. The highest BCUT2D eigenvalue weighted by atomic mass is 79.9. The summed E-state index contributed by atoms with van der Waals surface area (Å²) in [5.74, 6) is -0.808. The Morgan fingerprint density at radius 3 is 2.33 bits per heavy atom. The van der Waals surface area contributed by atoms with Gasteiger partial charge in [-0.25, -0.2) is 0 Å². The fraction of sp³-hybridized carbons (Fsp3) is 0.143. The first-order valence-corrected chi connectivity index (χ1v) is 4.27. The van der Waals surface area contributed by atoms with E-state index in [1.54, 1.807) is 0 Å². The summed E-state index contributed by atoms with van der Waals surface area (Å²) in [6.07, 6.45) is -4.76. The predicted octanol–water partition coefficient (Wildman–Crippen LogP) is 3.08. The van der Waals surface area contributed by atoms with Crippen molar-refractivity contribution >= 4 is 21.6 Å². The quantitative estimate of drug-likeness (QED) is 0.637. The van der Waals surface area contributed by atoms with Gasteiger partial charge in [0.1, 0.15) is 10.2 Å². The molecule has 0 radical (unpaired) electrons. The van der Waals surface area contributed by atoms with Crippen molar-refractivity contribution in [2.45, 2.75) is 6.18 Å². The summed E-state index contributed by atoms with van der Waals surface area (Å²) in [5, 5.41) is 19.3. The van der Waals surface area contributed by atoms with E-state index in [0.29, 0.717) is 12.1 Å². The molecule has 0 fully saturated rings. The maximum absolute atomic E-state index is 12.3. The fourth-order valence-corrected chi connectivity index (χ4v) is 1.53. The van der Waals surface area contributed by atoms with Crippen molar-refractivity contribution in [3.8, 4) is 5.75 Å². The van der Waals surface area contributed by atoms with Crippen molar-refractivity contribution in [1.29, 1.82) is 0 Å². The highest BCUT2D eigenvalue weighted by Crippen LogP contribution is 2.41. The largest absolute Gasteiger partial charge is 0.508 e. The second kappa shape index (κ2) is 3.69. The monoisotopic (exact) mass is 285 g/mol. The highest BCUT2D eigenvalue weighted by molar-refractivity contribution is 9.10. The van der Waals surface area contributed by atoms with Gasteiger partial charge < -0.3 is 5.11 Å². The SMILES string of the molecule is O=[N+]([O-])c1cc(O)cc(C(F)(F)F)c1Br. The van der Waals surface area contributed by atoms with Gasteiger partial charge in [-0.15, -0.1) is 0 Å². The van der Waals surface area contributed by atoms with Crippen molar-refractivity contribution < 1.29 is 23.2 Å². The Hall–Kier alpha value is -1.31. The number of rotatable bonds is 1. The molecule has 0 saturated heterocycles. The number of halogens is 4. The molecule has 4 nitrogen and oxygen atoms in total. The topological polar surface area (TPSA) is 63.4 Å². The third kappa shape index (κ3) is 2.38. The van der Waals surface area contributed by atoms with Crippen LogP contribution in [0.15, 0.2) is 16.6 Å². The van der Waals surface area contributed by atoms with E-state index in [4.69, 9.17) is 5.11 Å². The highest BCUT2D eigenvalue weighted by Gasteiger charge is 2.36. The van der Waals surface area contributed by atoms with Crippen molar-refractivity contribution in [1.82, 2.24) is 0 Å². The normalized spacial score (nSPS) is 11.5. The van der Waals surface area contributed by atoms with Crippen molar-refractivity contribution in [3.63, 3.8) is 0 Å². The molecule has 1 rings (SSSR count). The second-order valence-electron chi connectivity index (χ2n) is 2.58. The van der Waals surface area contributed by atoms with Crippen LogP contribution >= 0.6 is 15.9 Å². The Balaban J connectivity index is 3.49. The van der Waals surface area contributed by atoms with E-state index in [1.165, 1.54) is 0 Å². The van der Waals surface area contributed by atoms with Gasteiger partial charge in [0.05, 0.1) is 16.6 Å². The number of phenolic OH excluding ortho intramolecular Hbond substituents is 1. The molecule has 1 aromatic rings. The lowest BCUT2D eigenvalue weighted by Crippen LogP contribution is -2.07. The smallest absolute Gasteiger partial charge is 0.417 e. The molecule has 0 saturated carbocycles. The molecular weight excluding hydrogens is 283 g/mol. The zero-order valence-electron chi connectivity index (χ0n) is 6.88. The van der Waals surface area contributed by atoms with Crippen LogP contribution in [0.5, 0.6) is 5.75 Å². The van der Waals surface area contributed by atoms with Gasteiger partial charge in [0, 0.05) is 0 Å². The van der Waals surface area contributed by atoms with Gasteiger partial charge in [-0.3, -0.25) is 10.1 Å². The number of alkyl halides is 3. The van der Waals surface area contributed by atoms with E-state index >= 15 is 0 Å². The van der Waals surface area contributed by atoms with Crippen LogP contribution in [0.1, 0.15) is 5.56 Å². The van der Waals surface area contributed by atoms with E-state index in [2.05, 4.69) is 15.9 Å². The number of hydrogen-bond donors (Lipinski definition) is 1. The van der Waals surface area contributed by atoms with Crippen LogP contribution in [0, 0.1) is 10.1 Å². The van der Waals surface area contributed by atoms with Crippen molar-refractivity contribution in [2.75, 3.05) is 0 Å². The molecular formula is C7H3BrF3NO3. The number of benzene rings is 1. The van der Waals surface area contributed by atoms with E-state index in [-0.39, 0.29) is 0 Å². The Bertz CT molecular complexity index is 419. The van der Waals surface area contributed by atoms with Crippen LogP contribution in [-0.2, 0) is 6.18 Å². The Kier molecular flexibility index (Phi) is 2.89. The summed E-state index contributed by atoms with van der Waals surface area (Å²) in [6, 6.07) is 1.05. The summed E-state index contributed by atoms with van der Waals surface area (Å²) in [7, 11) is 0. The molecule has 0 aromatic heterocycles. The fourth-order valence-electron chi connectivity index (χ4n) is 0.933. The zero-order chi connectivity index (χ0) is 11.8. The summed E-state index contributed by atoms with van der Waals surface area (Å²) >= 11 is 2.48. The van der Waals surface area contributed by atoms with E-state index < -0.39 is 32.6 Å². The standard InChI is InChI=1S/C7H3BrF3NO3/c8-6-4(7(9,10)11)1-3(13)2-5(6)12(14)15/h1-2,13H. The molecule has 0 spiro atoms. The van der Waals surface area contributed by atoms with Gasteiger partial charge in [0.25, 0.3) is 5.69 Å². The number of nitro groups is 1. The number of nitrogens with zero attached hydrogens (tertiary/aromatic N) is 1. The number of nitro benzene ring substituents is 1. The first-order chi connectivity index (χ1) is 6.73. The van der Waals surface area contributed by atoms with Crippen LogP contribution in [0.3, 0.4) is 0 Å². The minimum absolute atomic E-state index is 0.414. The van der Waals surface area contributed by atoms with Crippen LogP contribution in [0.4, 0.5) is 18.9 Å². The maximum Gasteiger partial charge on any atom is 0.417 e. The Labute approximate surface area is 89.6 Å². The first-order valence-electron chi connectivity index (χ1n) is 3.47. The Morgan fingerprint density at radius 1 is 1.40 bits per heavy atom. The minimum atomic E-state index is -4.76. The third-order valence-corrected chi connectivity index (χ3v) is 2.37. The van der Waals surface area contributed by atoms with Gasteiger partial charge in [-0.2, -0.15) is 13.2 Å². The van der Waals surface area contributed by atoms with Gasteiger partial charge in [-0.05, 0) is 22.0 Å². The van der Waals surface area contributed by atoms with Crippen molar-refractivity contribution in [2.24, 2.45) is 0 Å². The lowest BCUT2D eigenvalue weighted by Gasteiger charge is -2.09. The third-order valence-electron chi connectivity index (χ3n) is 1.54. The van der Waals surface area contributed by atoms with Crippen LogP contribution in [0.2, 0.25) is 0 Å². The second-order valence-corrected chi connectivity index (χ2v) is 3.37. The molecule has 8 heteroatoms.